The van der Waals surface area contributed by atoms with Crippen LogP contribution in [0, 0.1) is 5.41 Å². The summed E-state index contributed by atoms with van der Waals surface area (Å²) in [5.41, 5.74) is 0.339. The third kappa shape index (κ3) is 4.49. The largest absolute Gasteiger partial charge is 0.396 e. The van der Waals surface area contributed by atoms with E-state index in [1.54, 1.807) is 24.0 Å². The van der Waals surface area contributed by atoms with Crippen LogP contribution in [0.3, 0.4) is 0 Å². The van der Waals surface area contributed by atoms with Crippen LogP contribution >= 0.6 is 11.8 Å². The number of aliphatic hydroxyl groups excluding tert-OH is 1. The summed E-state index contributed by atoms with van der Waals surface area (Å²) in [5, 5.41) is 13.3. The molecule has 0 radical (unpaired) electrons. The zero-order valence-corrected chi connectivity index (χ0v) is 13.3. The minimum absolute atomic E-state index is 0.0879. The number of rotatable bonds is 8. The van der Waals surface area contributed by atoms with Gasteiger partial charge in [-0.05, 0) is 30.7 Å². The molecule has 1 amide bonds. The van der Waals surface area contributed by atoms with Crippen LogP contribution in [-0.2, 0) is 0 Å². The van der Waals surface area contributed by atoms with Crippen LogP contribution in [0.25, 0.3) is 0 Å². The average Bonchev–Trinajstić information content (AvgIpc) is 2.50. The molecule has 0 saturated heterocycles. The second-order valence-electron chi connectivity index (χ2n) is 4.87. The highest BCUT2D eigenvalue weighted by atomic mass is 32.2. The molecule has 1 rings (SSSR count). The van der Waals surface area contributed by atoms with Gasteiger partial charge < -0.3 is 10.4 Å². The van der Waals surface area contributed by atoms with Gasteiger partial charge in [0.2, 0.25) is 0 Å². The number of pyridine rings is 1. The molecule has 2 N–H and O–H groups in total. The first-order chi connectivity index (χ1) is 9.60. The maximum absolute atomic E-state index is 12.1. The molecule has 20 heavy (non-hydrogen) atoms. The van der Waals surface area contributed by atoms with Gasteiger partial charge in [0.25, 0.3) is 5.91 Å². The quantitative estimate of drug-likeness (QED) is 0.724. The van der Waals surface area contributed by atoms with Crippen LogP contribution < -0.4 is 5.32 Å². The van der Waals surface area contributed by atoms with E-state index in [-0.39, 0.29) is 17.9 Å². The summed E-state index contributed by atoms with van der Waals surface area (Å²) in [6.45, 7) is 6.71. The Hall–Kier alpha value is -1.07. The van der Waals surface area contributed by atoms with Crippen molar-refractivity contribution in [1.82, 2.24) is 10.3 Å². The van der Waals surface area contributed by atoms with E-state index in [0.717, 1.165) is 23.6 Å². The Morgan fingerprint density at radius 3 is 2.50 bits per heavy atom. The Kier molecular flexibility index (Phi) is 7.02. The standard InChI is InChI=1S/C15H24N2O2S/c1-4-15(5-2,11-18)10-17-14(19)12-7-8-13(16-9-12)20-6-3/h7-9,18H,4-6,10-11H2,1-3H3,(H,17,19). The number of hydrogen-bond donors (Lipinski definition) is 2. The summed E-state index contributed by atoms with van der Waals surface area (Å²) in [7, 11) is 0. The van der Waals surface area contributed by atoms with Crippen LogP contribution in [0.5, 0.6) is 0 Å². The molecule has 1 heterocycles. The minimum atomic E-state index is -0.221. The Morgan fingerprint density at radius 2 is 2.05 bits per heavy atom. The van der Waals surface area contributed by atoms with Gasteiger partial charge in [0.1, 0.15) is 0 Å². The van der Waals surface area contributed by atoms with Crippen LogP contribution in [0.15, 0.2) is 23.4 Å². The van der Waals surface area contributed by atoms with Crippen molar-refractivity contribution in [3.8, 4) is 0 Å². The van der Waals surface area contributed by atoms with Crippen molar-refractivity contribution in [2.45, 2.75) is 38.6 Å². The molecule has 0 unspecified atom stereocenters. The van der Waals surface area contributed by atoms with Crippen molar-refractivity contribution >= 4 is 17.7 Å². The Balaban J connectivity index is 2.62. The highest BCUT2D eigenvalue weighted by molar-refractivity contribution is 7.99. The van der Waals surface area contributed by atoms with Gasteiger partial charge in [-0.15, -0.1) is 11.8 Å². The lowest BCUT2D eigenvalue weighted by Gasteiger charge is -2.29. The first kappa shape index (κ1) is 17.0. The normalized spacial score (nSPS) is 11.4. The number of nitrogens with zero attached hydrogens (tertiary/aromatic N) is 1. The summed E-state index contributed by atoms with van der Waals surface area (Å²) < 4.78 is 0. The van der Waals surface area contributed by atoms with Gasteiger partial charge in [-0.2, -0.15) is 0 Å². The van der Waals surface area contributed by atoms with E-state index in [1.165, 1.54) is 0 Å². The van der Waals surface area contributed by atoms with E-state index in [9.17, 15) is 9.90 Å². The van der Waals surface area contributed by atoms with Crippen LogP contribution in [0.2, 0.25) is 0 Å². The summed E-state index contributed by atoms with van der Waals surface area (Å²) in [6.07, 6.45) is 3.28. The number of aliphatic hydroxyl groups is 1. The van der Waals surface area contributed by atoms with Gasteiger partial charge in [-0.25, -0.2) is 4.98 Å². The van der Waals surface area contributed by atoms with E-state index in [4.69, 9.17) is 0 Å². The maximum Gasteiger partial charge on any atom is 0.252 e. The summed E-state index contributed by atoms with van der Waals surface area (Å²) >= 11 is 1.65. The number of amides is 1. The molecule has 112 valence electrons. The minimum Gasteiger partial charge on any atom is -0.396 e. The molecule has 1 aromatic heterocycles. The van der Waals surface area contributed by atoms with E-state index in [0.29, 0.717) is 12.1 Å². The van der Waals surface area contributed by atoms with Gasteiger partial charge in [0, 0.05) is 18.2 Å². The number of carbonyl (C=O) groups is 1. The lowest BCUT2D eigenvalue weighted by molar-refractivity contribution is 0.0850. The number of hydrogen-bond acceptors (Lipinski definition) is 4. The molecule has 4 nitrogen and oxygen atoms in total. The molecule has 0 aromatic carbocycles. The second kappa shape index (κ2) is 8.27. The second-order valence-corrected chi connectivity index (χ2v) is 6.15. The smallest absolute Gasteiger partial charge is 0.252 e. The van der Waals surface area contributed by atoms with Gasteiger partial charge in [-0.3, -0.25) is 4.79 Å². The fraction of sp³-hybridized carbons (Fsp3) is 0.600. The molecule has 0 bridgehead atoms. The summed E-state index contributed by atoms with van der Waals surface area (Å²) in [5.74, 6) is 0.829. The Bertz CT molecular complexity index is 408. The molecule has 0 aliphatic rings. The van der Waals surface area contributed by atoms with Crippen molar-refractivity contribution in [1.29, 1.82) is 0 Å². The molecule has 0 aliphatic heterocycles. The van der Waals surface area contributed by atoms with Gasteiger partial charge >= 0.3 is 0 Å². The molecular weight excluding hydrogens is 272 g/mol. The van der Waals surface area contributed by atoms with E-state index in [1.807, 2.05) is 19.9 Å². The highest BCUT2D eigenvalue weighted by Gasteiger charge is 2.25. The van der Waals surface area contributed by atoms with Crippen LogP contribution in [-0.4, -0.2) is 34.9 Å². The molecule has 0 aliphatic carbocycles. The first-order valence-electron chi connectivity index (χ1n) is 7.08. The van der Waals surface area contributed by atoms with Crippen molar-refractivity contribution in [3.63, 3.8) is 0 Å². The molecule has 1 aromatic rings. The topological polar surface area (TPSA) is 62.2 Å². The number of carbonyl (C=O) groups excluding carboxylic acids is 1. The van der Waals surface area contributed by atoms with Crippen molar-refractivity contribution in [3.05, 3.63) is 23.9 Å². The summed E-state index contributed by atoms with van der Waals surface area (Å²) in [6, 6.07) is 3.65. The predicted octanol–water partition coefficient (Wildman–Crippen LogP) is 2.72. The van der Waals surface area contributed by atoms with Crippen molar-refractivity contribution < 1.29 is 9.90 Å². The molecule has 0 spiro atoms. The molecule has 0 saturated carbocycles. The van der Waals surface area contributed by atoms with Gasteiger partial charge in [-0.1, -0.05) is 20.8 Å². The van der Waals surface area contributed by atoms with Gasteiger partial charge in [0.15, 0.2) is 0 Å². The third-order valence-electron chi connectivity index (χ3n) is 3.75. The molecule has 0 fully saturated rings. The highest BCUT2D eigenvalue weighted by Crippen LogP contribution is 2.24. The summed E-state index contributed by atoms with van der Waals surface area (Å²) in [4.78, 5) is 16.3. The average molecular weight is 296 g/mol. The zero-order chi connectivity index (χ0) is 15.0. The molecular formula is C15H24N2O2S. The molecule has 0 atom stereocenters. The van der Waals surface area contributed by atoms with E-state index in [2.05, 4.69) is 17.2 Å². The fourth-order valence-corrected chi connectivity index (χ4v) is 2.48. The first-order valence-corrected chi connectivity index (χ1v) is 8.07. The Morgan fingerprint density at radius 1 is 1.35 bits per heavy atom. The maximum atomic E-state index is 12.1. The monoisotopic (exact) mass is 296 g/mol. The Labute approximate surface area is 125 Å². The van der Waals surface area contributed by atoms with Crippen molar-refractivity contribution in [2.24, 2.45) is 5.41 Å². The number of aromatic nitrogens is 1. The van der Waals surface area contributed by atoms with Crippen LogP contribution in [0.4, 0.5) is 0 Å². The van der Waals surface area contributed by atoms with Gasteiger partial charge in [0.05, 0.1) is 17.2 Å². The van der Waals surface area contributed by atoms with Crippen molar-refractivity contribution in [2.75, 3.05) is 18.9 Å². The number of nitrogens with one attached hydrogen (secondary N) is 1. The van der Waals surface area contributed by atoms with E-state index >= 15 is 0 Å². The SMILES string of the molecule is CCSc1ccc(C(=O)NCC(CC)(CC)CO)cn1. The lowest BCUT2D eigenvalue weighted by Crippen LogP contribution is -2.39. The fourth-order valence-electron chi connectivity index (χ4n) is 1.90. The lowest BCUT2D eigenvalue weighted by atomic mass is 9.83. The van der Waals surface area contributed by atoms with Crippen LogP contribution in [0.1, 0.15) is 44.0 Å². The third-order valence-corrected chi connectivity index (χ3v) is 4.58. The zero-order valence-electron chi connectivity index (χ0n) is 12.5. The van der Waals surface area contributed by atoms with E-state index < -0.39 is 0 Å². The predicted molar refractivity (Wildman–Crippen MR) is 83.1 cm³/mol. The number of thioether (sulfide) groups is 1. The molecule has 5 heteroatoms.